The van der Waals surface area contributed by atoms with E-state index in [-0.39, 0.29) is 0 Å². The van der Waals surface area contributed by atoms with E-state index < -0.39 is 0 Å². The van der Waals surface area contributed by atoms with Crippen LogP contribution in [0.5, 0.6) is 0 Å². The van der Waals surface area contributed by atoms with Crippen molar-refractivity contribution in [2.24, 2.45) is 11.3 Å². The fraction of sp³-hybridized carbons (Fsp3) is 0.923. The topological polar surface area (TPSA) is 36.3 Å². The maximum Gasteiger partial charge on any atom is 0.0672 e. The summed E-state index contributed by atoms with van der Waals surface area (Å²) in [6.07, 6.45) is 6.06. The lowest BCUT2D eigenvalue weighted by Gasteiger charge is -2.55. The molecule has 0 aromatic rings. The molecule has 16 heavy (non-hydrogen) atoms. The molecule has 3 heteroatoms. The minimum atomic E-state index is 0.303. The molecule has 1 aliphatic carbocycles. The van der Waals surface area contributed by atoms with Crippen molar-refractivity contribution in [1.82, 2.24) is 4.90 Å². The molecule has 2 aliphatic heterocycles. The van der Waals surface area contributed by atoms with E-state index >= 15 is 0 Å². The van der Waals surface area contributed by atoms with Crippen LogP contribution in [0.2, 0.25) is 0 Å². The minimum Gasteiger partial charge on any atom is -0.381 e. The van der Waals surface area contributed by atoms with Gasteiger partial charge in [0.25, 0.3) is 0 Å². The lowest BCUT2D eigenvalue weighted by Crippen LogP contribution is -2.62. The van der Waals surface area contributed by atoms with Crippen molar-refractivity contribution in [3.05, 3.63) is 0 Å². The van der Waals surface area contributed by atoms with E-state index in [1.165, 1.54) is 38.8 Å². The molecule has 3 rings (SSSR count). The van der Waals surface area contributed by atoms with Gasteiger partial charge in [-0.15, -0.1) is 0 Å². The van der Waals surface area contributed by atoms with Gasteiger partial charge >= 0.3 is 0 Å². The molecule has 2 saturated heterocycles. The Morgan fingerprint density at radius 2 is 1.94 bits per heavy atom. The van der Waals surface area contributed by atoms with Gasteiger partial charge in [-0.1, -0.05) is 6.42 Å². The van der Waals surface area contributed by atoms with Crippen LogP contribution >= 0.6 is 0 Å². The summed E-state index contributed by atoms with van der Waals surface area (Å²) < 4.78 is 5.43. The van der Waals surface area contributed by atoms with Gasteiger partial charge in [-0.05, 0) is 25.7 Å². The van der Waals surface area contributed by atoms with Crippen molar-refractivity contribution < 1.29 is 4.74 Å². The largest absolute Gasteiger partial charge is 0.381 e. The Balaban J connectivity index is 1.58. The molecule has 3 nitrogen and oxygen atoms in total. The highest BCUT2D eigenvalue weighted by Gasteiger charge is 2.48. The number of rotatable bonds is 1. The highest BCUT2D eigenvalue weighted by atomic mass is 16.5. The van der Waals surface area contributed by atoms with E-state index in [4.69, 9.17) is 10.00 Å². The first-order valence-electron chi connectivity index (χ1n) is 6.54. The molecule has 3 fully saturated rings. The highest BCUT2D eigenvalue weighted by molar-refractivity contribution is 5.05. The van der Waals surface area contributed by atoms with E-state index in [0.29, 0.717) is 17.4 Å². The number of nitriles is 1. The molecule has 0 N–H and O–H groups in total. The van der Waals surface area contributed by atoms with Crippen molar-refractivity contribution in [1.29, 1.82) is 5.26 Å². The number of hydrogen-bond acceptors (Lipinski definition) is 3. The average molecular weight is 220 g/mol. The lowest BCUT2D eigenvalue weighted by molar-refractivity contribution is -0.0996. The Bertz CT molecular complexity index is 296. The summed E-state index contributed by atoms with van der Waals surface area (Å²) >= 11 is 0. The molecule has 1 spiro atoms. The van der Waals surface area contributed by atoms with Gasteiger partial charge in [0.1, 0.15) is 0 Å². The summed E-state index contributed by atoms with van der Waals surface area (Å²) in [7, 11) is 0. The van der Waals surface area contributed by atoms with Gasteiger partial charge in [0, 0.05) is 37.8 Å². The molecule has 1 saturated carbocycles. The molecule has 0 aromatic carbocycles. The zero-order chi connectivity index (χ0) is 11.0. The molecular weight excluding hydrogens is 200 g/mol. The van der Waals surface area contributed by atoms with Crippen molar-refractivity contribution in [2.45, 2.75) is 38.1 Å². The number of hydrogen-bond donors (Lipinski definition) is 0. The van der Waals surface area contributed by atoms with Gasteiger partial charge in [0.15, 0.2) is 0 Å². The standard InChI is InChI=1S/C13H20N2O/c14-8-11-2-1-3-12(11)15-9-13(10-15)4-6-16-7-5-13/h11-12H,1-7,9-10H2. The minimum absolute atomic E-state index is 0.303. The van der Waals surface area contributed by atoms with Gasteiger partial charge < -0.3 is 4.74 Å². The van der Waals surface area contributed by atoms with Gasteiger partial charge in [-0.25, -0.2) is 0 Å². The Morgan fingerprint density at radius 3 is 2.62 bits per heavy atom. The van der Waals surface area contributed by atoms with Crippen LogP contribution in [0.4, 0.5) is 0 Å². The zero-order valence-corrected chi connectivity index (χ0v) is 9.82. The molecule has 0 amide bonds. The molecule has 0 radical (unpaired) electrons. The molecule has 2 atom stereocenters. The lowest BCUT2D eigenvalue weighted by atomic mass is 9.72. The molecule has 0 aromatic heterocycles. The monoisotopic (exact) mass is 220 g/mol. The first-order valence-corrected chi connectivity index (χ1v) is 6.54. The first kappa shape index (κ1) is 10.6. The summed E-state index contributed by atoms with van der Waals surface area (Å²) in [6, 6.07) is 3.06. The average Bonchev–Trinajstić information content (AvgIpc) is 2.74. The molecule has 2 heterocycles. The van der Waals surface area contributed by atoms with Crippen LogP contribution < -0.4 is 0 Å². The van der Waals surface area contributed by atoms with E-state index in [2.05, 4.69) is 11.0 Å². The fourth-order valence-electron chi connectivity index (χ4n) is 3.70. The van der Waals surface area contributed by atoms with Crippen LogP contribution in [0.1, 0.15) is 32.1 Å². The van der Waals surface area contributed by atoms with Crippen LogP contribution in [-0.2, 0) is 4.74 Å². The van der Waals surface area contributed by atoms with Gasteiger partial charge in [-0.2, -0.15) is 5.26 Å². The normalized spacial score (nSPS) is 38.2. The van der Waals surface area contributed by atoms with E-state index in [0.717, 1.165) is 19.6 Å². The van der Waals surface area contributed by atoms with Crippen LogP contribution in [0.25, 0.3) is 0 Å². The highest BCUT2D eigenvalue weighted by Crippen LogP contribution is 2.44. The van der Waals surface area contributed by atoms with Crippen LogP contribution in [0.15, 0.2) is 0 Å². The maximum atomic E-state index is 9.11. The van der Waals surface area contributed by atoms with Gasteiger partial charge in [0.2, 0.25) is 0 Å². The van der Waals surface area contributed by atoms with Crippen molar-refractivity contribution in [2.75, 3.05) is 26.3 Å². The summed E-state index contributed by atoms with van der Waals surface area (Å²) in [5, 5.41) is 9.11. The second kappa shape index (κ2) is 4.01. The Labute approximate surface area is 97.4 Å². The smallest absolute Gasteiger partial charge is 0.0672 e. The summed E-state index contributed by atoms with van der Waals surface area (Å²) in [5.74, 6) is 0.303. The van der Waals surface area contributed by atoms with Crippen LogP contribution in [0, 0.1) is 22.7 Å². The molecule has 88 valence electrons. The number of nitrogens with zero attached hydrogens (tertiary/aromatic N) is 2. The van der Waals surface area contributed by atoms with Gasteiger partial charge in [-0.3, -0.25) is 4.90 Å². The number of ether oxygens (including phenoxy) is 1. The van der Waals surface area contributed by atoms with Crippen LogP contribution in [-0.4, -0.2) is 37.2 Å². The molecule has 0 bridgehead atoms. The summed E-state index contributed by atoms with van der Waals surface area (Å²) in [5.41, 5.74) is 0.556. The quantitative estimate of drug-likeness (QED) is 0.676. The Kier molecular flexibility index (Phi) is 2.65. The van der Waals surface area contributed by atoms with Crippen LogP contribution in [0.3, 0.4) is 0 Å². The molecule has 3 aliphatic rings. The maximum absolute atomic E-state index is 9.11. The second-order valence-electron chi connectivity index (χ2n) is 5.75. The van der Waals surface area contributed by atoms with E-state index in [1.807, 2.05) is 0 Å². The molecular formula is C13H20N2O. The SMILES string of the molecule is N#CC1CCCC1N1CC2(CCOCC2)C1. The third kappa shape index (κ3) is 1.65. The molecule has 2 unspecified atom stereocenters. The summed E-state index contributed by atoms with van der Waals surface area (Å²) in [4.78, 5) is 2.56. The Morgan fingerprint density at radius 1 is 1.19 bits per heavy atom. The second-order valence-corrected chi connectivity index (χ2v) is 5.75. The van der Waals surface area contributed by atoms with Crippen molar-refractivity contribution in [3.63, 3.8) is 0 Å². The van der Waals surface area contributed by atoms with Crippen molar-refractivity contribution in [3.8, 4) is 6.07 Å². The Hall–Kier alpha value is -0.590. The van der Waals surface area contributed by atoms with Gasteiger partial charge in [0.05, 0.1) is 12.0 Å². The predicted octanol–water partition coefficient (Wildman–Crippen LogP) is 1.79. The zero-order valence-electron chi connectivity index (χ0n) is 9.82. The van der Waals surface area contributed by atoms with Crippen molar-refractivity contribution >= 4 is 0 Å². The predicted molar refractivity (Wildman–Crippen MR) is 60.8 cm³/mol. The van der Waals surface area contributed by atoms with E-state index in [1.54, 1.807) is 0 Å². The first-order chi connectivity index (χ1) is 7.83. The third-order valence-corrected chi connectivity index (χ3v) is 4.74. The summed E-state index contributed by atoms with van der Waals surface area (Å²) in [6.45, 7) is 4.33. The fourth-order valence-corrected chi connectivity index (χ4v) is 3.70. The number of likely N-dealkylation sites (tertiary alicyclic amines) is 1. The van der Waals surface area contributed by atoms with E-state index in [9.17, 15) is 0 Å². The third-order valence-electron chi connectivity index (χ3n) is 4.74.